The van der Waals surface area contributed by atoms with Crippen molar-refractivity contribution in [3.8, 4) is 0 Å². The van der Waals surface area contributed by atoms with Crippen LogP contribution < -0.4 is 0 Å². The van der Waals surface area contributed by atoms with E-state index in [1.807, 2.05) is 11.9 Å². The number of thiol groups is 2. The van der Waals surface area contributed by atoms with Gasteiger partial charge in [-0.25, -0.2) is 19.3 Å². The summed E-state index contributed by atoms with van der Waals surface area (Å²) in [4.78, 5) is 3.42. The zero-order chi connectivity index (χ0) is 16.4. The van der Waals surface area contributed by atoms with Gasteiger partial charge in [0, 0.05) is 35.9 Å². The summed E-state index contributed by atoms with van der Waals surface area (Å²) >= 11 is 0. The highest BCUT2D eigenvalue weighted by atomic mass is 32.2. The van der Waals surface area contributed by atoms with Crippen molar-refractivity contribution in [3.05, 3.63) is 23.4 Å². The van der Waals surface area contributed by atoms with E-state index in [0.29, 0.717) is 0 Å². The second kappa shape index (κ2) is 7.45. The Hall–Kier alpha value is -0.720. The summed E-state index contributed by atoms with van der Waals surface area (Å²) in [6, 6.07) is 0. The van der Waals surface area contributed by atoms with Crippen LogP contribution in [0.25, 0.3) is 5.57 Å². The molecular formula is C17H28N2O2S2. The molecule has 0 N–H and O–H groups in total. The summed E-state index contributed by atoms with van der Waals surface area (Å²) in [6.45, 7) is 3.86. The van der Waals surface area contributed by atoms with Crippen LogP contribution in [-0.4, -0.2) is 42.6 Å². The largest absolute Gasteiger partial charge is 0.351 e. The van der Waals surface area contributed by atoms with Crippen molar-refractivity contribution >= 4 is 27.2 Å². The van der Waals surface area contributed by atoms with Crippen LogP contribution in [0.2, 0.25) is 0 Å². The van der Waals surface area contributed by atoms with E-state index in [2.05, 4.69) is 29.3 Å². The lowest BCUT2D eigenvalue weighted by atomic mass is 10.0. The Bertz CT molecular complexity index is 650. The monoisotopic (exact) mass is 356 g/mol. The molecule has 0 radical (unpaired) electrons. The van der Waals surface area contributed by atoms with Gasteiger partial charge < -0.3 is 4.57 Å². The van der Waals surface area contributed by atoms with Gasteiger partial charge in [0.2, 0.25) is 0 Å². The predicted molar refractivity (Wildman–Crippen MR) is 100 cm³/mol. The van der Waals surface area contributed by atoms with Gasteiger partial charge in [0.1, 0.15) is 0 Å². The van der Waals surface area contributed by atoms with Crippen LogP contribution in [0.4, 0.5) is 0 Å². The van der Waals surface area contributed by atoms with Crippen molar-refractivity contribution < 1.29 is 8.42 Å². The van der Waals surface area contributed by atoms with Crippen LogP contribution in [0.1, 0.15) is 44.6 Å². The number of hydrogen-bond donors (Lipinski definition) is 2. The number of nitrogens with zero attached hydrogens (tertiary/aromatic N) is 2. The van der Waals surface area contributed by atoms with Gasteiger partial charge in [-0.15, -0.1) is 0 Å². The van der Waals surface area contributed by atoms with Gasteiger partial charge >= 0.3 is 0 Å². The highest BCUT2D eigenvalue weighted by molar-refractivity contribution is 8.20. The van der Waals surface area contributed by atoms with Crippen LogP contribution in [0.3, 0.4) is 0 Å². The highest BCUT2D eigenvalue weighted by Crippen LogP contribution is 2.56. The minimum Gasteiger partial charge on any atom is -0.351 e. The number of likely N-dealkylation sites (N-methyl/N-ethyl adjacent to an activating group) is 1. The Morgan fingerprint density at radius 1 is 1.26 bits per heavy atom. The van der Waals surface area contributed by atoms with Gasteiger partial charge in [0.25, 0.3) is 0 Å². The molecular weight excluding hydrogens is 328 g/mol. The quantitative estimate of drug-likeness (QED) is 0.770. The first-order chi connectivity index (χ1) is 11.0. The molecule has 1 unspecified atom stereocenters. The third-order valence-corrected chi connectivity index (χ3v) is 8.55. The number of aromatic nitrogens is 1. The summed E-state index contributed by atoms with van der Waals surface area (Å²) in [5.41, 5.74) is 2.87. The molecule has 2 heterocycles. The second-order valence-corrected chi connectivity index (χ2v) is 10.1. The Labute approximate surface area is 143 Å². The average Bonchev–Trinajstić information content (AvgIpc) is 3.06. The summed E-state index contributed by atoms with van der Waals surface area (Å²) in [7, 11) is -0.593. The standard InChI is InChI=1S/C17H28N2O2S2/c1-14-12-22(15-6-4-3-5-7-15)17-11-19(10-16(14)17)9-8-18(2)13-23(20)21/h10-12,15,22-23H,3-9,13H2,1-2H3. The van der Waals surface area contributed by atoms with Crippen molar-refractivity contribution in [1.82, 2.24) is 9.47 Å². The Morgan fingerprint density at radius 2 is 2.00 bits per heavy atom. The summed E-state index contributed by atoms with van der Waals surface area (Å²) in [5, 5.41) is 3.41. The molecule has 0 amide bonds. The molecule has 1 saturated carbocycles. The highest BCUT2D eigenvalue weighted by Gasteiger charge is 2.28. The van der Waals surface area contributed by atoms with Crippen molar-refractivity contribution in [2.75, 3.05) is 19.5 Å². The normalized spacial score (nSPS) is 23.5. The van der Waals surface area contributed by atoms with Gasteiger partial charge in [-0.2, -0.15) is 0 Å². The van der Waals surface area contributed by atoms with Gasteiger partial charge in [0.05, 0.1) is 5.88 Å². The first-order valence-corrected chi connectivity index (χ1v) is 11.4. The topological polar surface area (TPSA) is 42.3 Å². The zero-order valence-electron chi connectivity index (χ0n) is 14.1. The molecule has 1 atom stereocenters. The minimum atomic E-state index is -2.33. The number of rotatable bonds is 6. The Morgan fingerprint density at radius 3 is 2.70 bits per heavy atom. The first-order valence-electron chi connectivity index (χ1n) is 8.52. The van der Waals surface area contributed by atoms with Gasteiger partial charge in [0.15, 0.2) is 10.7 Å². The number of hydrogen-bond acceptors (Lipinski definition) is 3. The number of fused-ring (bicyclic) bond motifs is 1. The predicted octanol–water partition coefficient (Wildman–Crippen LogP) is 3.06. The molecule has 0 spiro atoms. The van der Waals surface area contributed by atoms with E-state index in [1.54, 1.807) is 4.90 Å². The molecule has 3 rings (SSSR count). The Balaban J connectivity index is 1.68. The molecule has 1 aliphatic heterocycles. The van der Waals surface area contributed by atoms with E-state index in [-0.39, 0.29) is 16.8 Å². The molecule has 2 aliphatic rings. The second-order valence-electron chi connectivity index (χ2n) is 6.86. The fraction of sp³-hybridized carbons (Fsp3) is 0.647. The number of allylic oxidation sites excluding steroid dienone is 1. The molecule has 23 heavy (non-hydrogen) atoms. The third kappa shape index (κ3) is 4.03. The van der Waals surface area contributed by atoms with E-state index in [4.69, 9.17) is 0 Å². The van der Waals surface area contributed by atoms with Gasteiger partial charge in [-0.3, -0.25) is 4.90 Å². The van der Waals surface area contributed by atoms with Crippen LogP contribution in [0.15, 0.2) is 22.7 Å². The molecule has 0 saturated heterocycles. The molecule has 6 heteroatoms. The smallest absolute Gasteiger partial charge is 0.153 e. The van der Waals surface area contributed by atoms with E-state index in [1.165, 1.54) is 43.2 Å². The first kappa shape index (κ1) is 17.1. The average molecular weight is 357 g/mol. The molecule has 130 valence electrons. The lowest BCUT2D eigenvalue weighted by Crippen LogP contribution is -2.24. The SMILES string of the molecule is CC1=C[SH](C2CCCCC2)c2cn(CCN(C)C[SH](=O)=O)cc21. The van der Waals surface area contributed by atoms with E-state index in [9.17, 15) is 8.42 Å². The van der Waals surface area contributed by atoms with Gasteiger partial charge in [-0.1, -0.05) is 19.3 Å². The van der Waals surface area contributed by atoms with Crippen molar-refractivity contribution in [2.45, 2.75) is 55.7 Å². The van der Waals surface area contributed by atoms with Crippen molar-refractivity contribution in [2.24, 2.45) is 0 Å². The molecule has 1 aromatic rings. The fourth-order valence-electron chi connectivity index (χ4n) is 3.70. The molecule has 0 aromatic carbocycles. The molecule has 1 aliphatic carbocycles. The van der Waals surface area contributed by atoms with E-state index >= 15 is 0 Å². The maximum Gasteiger partial charge on any atom is 0.153 e. The van der Waals surface area contributed by atoms with Crippen molar-refractivity contribution in [1.29, 1.82) is 0 Å². The summed E-state index contributed by atoms with van der Waals surface area (Å²) in [5.74, 6) is 0.143. The molecule has 1 fully saturated rings. The van der Waals surface area contributed by atoms with Crippen LogP contribution in [0, 0.1) is 0 Å². The molecule has 0 bridgehead atoms. The van der Waals surface area contributed by atoms with Crippen LogP contribution in [0.5, 0.6) is 0 Å². The Kier molecular flexibility index (Phi) is 5.54. The summed E-state index contributed by atoms with van der Waals surface area (Å²) < 4.78 is 23.8. The lowest BCUT2D eigenvalue weighted by Gasteiger charge is -2.29. The zero-order valence-corrected chi connectivity index (χ0v) is 15.9. The van der Waals surface area contributed by atoms with E-state index < -0.39 is 10.7 Å². The van der Waals surface area contributed by atoms with Crippen LogP contribution in [-0.2, 0) is 17.2 Å². The third-order valence-electron chi connectivity index (χ3n) is 4.96. The van der Waals surface area contributed by atoms with Gasteiger partial charge in [-0.05, 0) is 43.0 Å². The fourth-order valence-corrected chi connectivity index (χ4v) is 7.25. The maximum absolute atomic E-state index is 10.8. The van der Waals surface area contributed by atoms with Crippen LogP contribution >= 0.6 is 10.9 Å². The van der Waals surface area contributed by atoms with Crippen molar-refractivity contribution in [3.63, 3.8) is 0 Å². The molecule has 1 aromatic heterocycles. The van der Waals surface area contributed by atoms with E-state index in [0.717, 1.165) is 18.3 Å². The lowest BCUT2D eigenvalue weighted by molar-refractivity contribution is 0.363. The maximum atomic E-state index is 10.8. The summed E-state index contributed by atoms with van der Waals surface area (Å²) in [6.07, 6.45) is 11.6. The minimum absolute atomic E-state index is 0.131. The molecule has 4 nitrogen and oxygen atoms in total.